The lowest BCUT2D eigenvalue weighted by Crippen LogP contribution is -2.65. The largest absolute Gasteiger partial charge is 0.504 e. The minimum Gasteiger partial charge on any atom is -0.504 e. The molecule has 0 fully saturated rings. The molecule has 0 saturated carbocycles. The number of fused-ring (bicyclic) bond motifs is 2. The maximum Gasteiger partial charge on any atom is 0.322 e. The molecule has 8 atom stereocenters. The number of carboxylic acids is 2. The predicted octanol–water partition coefficient (Wildman–Crippen LogP) is -2.33. The average molecular weight is 674 g/mol. The number of carbonyl (C=O) groups excluding carboxylic acids is 3. The van der Waals surface area contributed by atoms with Crippen LogP contribution in [0.15, 0.2) is 17.0 Å². The first-order chi connectivity index (χ1) is 21.4. The summed E-state index contributed by atoms with van der Waals surface area (Å²) in [5.41, 5.74) is 3.61. The summed E-state index contributed by atoms with van der Waals surface area (Å²) in [4.78, 5) is 62.4. The lowest BCUT2D eigenvalue weighted by molar-refractivity contribution is -0.141. The van der Waals surface area contributed by atoms with Crippen LogP contribution >= 0.6 is 0 Å². The zero-order chi connectivity index (χ0) is 35.1. The van der Waals surface area contributed by atoms with Gasteiger partial charge in [-0.3, -0.25) is 28.2 Å². The summed E-state index contributed by atoms with van der Waals surface area (Å²) in [7, 11) is -0.859. The van der Waals surface area contributed by atoms with E-state index in [-0.39, 0.29) is 22.6 Å². The molecular formula is C28H43N5O12S. The number of benzene rings is 1. The average Bonchev–Trinajstić information content (AvgIpc) is 2.97. The molecule has 0 saturated heterocycles. The summed E-state index contributed by atoms with van der Waals surface area (Å²) in [6, 6.07) is -3.68. The summed E-state index contributed by atoms with van der Waals surface area (Å²) in [6.07, 6.45) is -3.71. The Bertz CT molecular complexity index is 1340. The van der Waals surface area contributed by atoms with Gasteiger partial charge in [0.2, 0.25) is 17.7 Å². The Morgan fingerprint density at radius 3 is 2.30 bits per heavy atom. The summed E-state index contributed by atoms with van der Waals surface area (Å²) in [6.45, 7) is 5.46. The number of amides is 3. The fourth-order valence-electron chi connectivity index (χ4n) is 4.77. The van der Waals surface area contributed by atoms with E-state index in [2.05, 4.69) is 21.3 Å². The molecule has 0 spiro atoms. The van der Waals surface area contributed by atoms with E-state index in [0.29, 0.717) is 0 Å². The molecule has 2 rings (SSSR count). The van der Waals surface area contributed by atoms with E-state index in [1.54, 1.807) is 20.8 Å². The first-order valence-electron chi connectivity index (χ1n) is 14.4. The number of rotatable bonds is 12. The fraction of sp³-hybridized carbons (Fsp3) is 0.607. The van der Waals surface area contributed by atoms with Crippen LogP contribution in [0.5, 0.6) is 11.5 Å². The van der Waals surface area contributed by atoms with Gasteiger partial charge in [0.05, 0.1) is 22.7 Å². The standard InChI is InChI=1S/C28H43N5O12S/c1-6-28(4)23(26(41)31-10-19(36)37)33-24(39)20(12(2)3)32-25(40)21(30-5)22(38)14-8-17(45-28)16(35)9-18(14)46(44)11-13(34)7-15(29)27(42)43/h8-9,12-13,15,20-23,30,34-35,38H,6-7,10-11,29H2,1-5H3,(H,31,41)(H,32,40)(H,33,39)(H,36,37)(H,42,43)/t13-,15-,20-,21-,22+,23+,28+,46?/m0/s1. The number of likely N-dealkylation sites (N-methyl/N-ethyl adjacent to an activating group) is 1. The van der Waals surface area contributed by atoms with Crippen molar-refractivity contribution in [3.05, 3.63) is 17.7 Å². The number of nitrogens with one attached hydrogen (secondary N) is 4. The zero-order valence-corrected chi connectivity index (χ0v) is 26.9. The van der Waals surface area contributed by atoms with Gasteiger partial charge in [-0.05, 0) is 32.4 Å². The minimum atomic E-state index is -2.21. The molecule has 1 unspecified atom stereocenters. The van der Waals surface area contributed by atoms with Gasteiger partial charge in [0.15, 0.2) is 11.5 Å². The first-order valence-corrected chi connectivity index (χ1v) is 15.7. The second-order valence-corrected chi connectivity index (χ2v) is 12.9. The SMILES string of the molecule is CC[C@@]1(C)Oc2cc(c(S(=O)C[C@@H](O)C[C@H](N)C(=O)O)cc2O)[C@@H](O)[C@H](NC)C(=O)N[C@@H](C(C)C)C(=O)N[C@@H]1C(=O)NCC(=O)O. The summed E-state index contributed by atoms with van der Waals surface area (Å²) < 4.78 is 19.6. The predicted molar refractivity (Wildman–Crippen MR) is 162 cm³/mol. The van der Waals surface area contributed by atoms with Crippen molar-refractivity contribution in [2.75, 3.05) is 19.3 Å². The van der Waals surface area contributed by atoms with E-state index >= 15 is 0 Å². The number of aliphatic hydroxyl groups excluding tert-OH is 2. The van der Waals surface area contributed by atoms with Gasteiger partial charge in [0.1, 0.15) is 42.4 Å². The van der Waals surface area contributed by atoms with Crippen LogP contribution in [0.3, 0.4) is 0 Å². The highest BCUT2D eigenvalue weighted by molar-refractivity contribution is 7.85. The molecule has 1 aromatic carbocycles. The number of aromatic hydroxyl groups is 1. The van der Waals surface area contributed by atoms with E-state index in [4.69, 9.17) is 20.7 Å². The Labute approximate surface area is 267 Å². The molecule has 2 bridgehead atoms. The van der Waals surface area contributed by atoms with Gasteiger partial charge < -0.3 is 57.3 Å². The van der Waals surface area contributed by atoms with Crippen LogP contribution in [0.2, 0.25) is 0 Å². The molecule has 46 heavy (non-hydrogen) atoms. The Morgan fingerprint density at radius 2 is 1.78 bits per heavy atom. The van der Waals surface area contributed by atoms with Crippen LogP contribution in [0, 0.1) is 5.92 Å². The molecule has 1 heterocycles. The fourth-order valence-corrected chi connectivity index (χ4v) is 6.12. The third-order valence-corrected chi connectivity index (χ3v) is 9.15. The van der Waals surface area contributed by atoms with Crippen LogP contribution in [-0.2, 0) is 34.8 Å². The smallest absolute Gasteiger partial charge is 0.322 e. The molecule has 18 heteroatoms. The van der Waals surface area contributed by atoms with Crippen molar-refractivity contribution < 1.29 is 58.5 Å². The van der Waals surface area contributed by atoms with E-state index in [0.717, 1.165) is 12.1 Å². The number of hydrogen-bond acceptors (Lipinski definition) is 12. The Balaban J connectivity index is 2.78. The van der Waals surface area contributed by atoms with Crippen LogP contribution in [0.4, 0.5) is 0 Å². The van der Waals surface area contributed by atoms with Gasteiger partial charge in [-0.2, -0.15) is 0 Å². The minimum absolute atomic E-state index is 0.00266. The lowest BCUT2D eigenvalue weighted by Gasteiger charge is -2.38. The van der Waals surface area contributed by atoms with Crippen molar-refractivity contribution >= 4 is 40.5 Å². The molecule has 0 radical (unpaired) electrons. The second-order valence-electron chi connectivity index (χ2n) is 11.5. The third-order valence-electron chi connectivity index (χ3n) is 7.62. The van der Waals surface area contributed by atoms with E-state index in [1.165, 1.54) is 14.0 Å². The molecule has 17 nitrogen and oxygen atoms in total. The van der Waals surface area contributed by atoms with Crippen LogP contribution in [-0.4, -0.2) is 115 Å². The second kappa shape index (κ2) is 16.1. The Hall–Kier alpha value is -3.84. The van der Waals surface area contributed by atoms with E-state index in [9.17, 15) is 43.5 Å². The molecule has 1 aliphatic heterocycles. The Morgan fingerprint density at radius 1 is 1.15 bits per heavy atom. The van der Waals surface area contributed by atoms with Crippen LogP contribution in [0.25, 0.3) is 0 Å². The summed E-state index contributed by atoms with van der Waals surface area (Å²) in [5, 5.41) is 61.0. The number of aliphatic carboxylic acids is 2. The van der Waals surface area contributed by atoms with E-state index < -0.39 is 113 Å². The van der Waals surface area contributed by atoms with Crippen molar-refractivity contribution in [2.24, 2.45) is 11.7 Å². The molecule has 11 N–H and O–H groups in total. The molecular weight excluding hydrogens is 630 g/mol. The summed E-state index contributed by atoms with van der Waals surface area (Å²) >= 11 is 0. The van der Waals surface area contributed by atoms with Gasteiger partial charge >= 0.3 is 11.9 Å². The number of phenolic OH excluding ortho intramolecular Hbond substituents is 1. The number of carboxylic acid groups (broad SMARTS) is 2. The van der Waals surface area contributed by atoms with Crippen molar-refractivity contribution in [1.82, 2.24) is 21.3 Å². The van der Waals surface area contributed by atoms with Gasteiger partial charge in [-0.15, -0.1) is 0 Å². The number of ether oxygens (including phenoxy) is 1. The molecule has 258 valence electrons. The number of carbonyl (C=O) groups is 5. The molecule has 0 aromatic heterocycles. The van der Waals surface area contributed by atoms with Crippen molar-refractivity contribution in [1.29, 1.82) is 0 Å². The third kappa shape index (κ3) is 9.35. The van der Waals surface area contributed by atoms with Crippen LogP contribution < -0.4 is 31.7 Å². The van der Waals surface area contributed by atoms with E-state index in [1.807, 2.05) is 0 Å². The van der Waals surface area contributed by atoms with Crippen molar-refractivity contribution in [3.8, 4) is 11.5 Å². The number of aliphatic hydroxyl groups is 2. The van der Waals surface area contributed by atoms with Crippen molar-refractivity contribution in [3.63, 3.8) is 0 Å². The molecule has 3 amide bonds. The summed E-state index contributed by atoms with van der Waals surface area (Å²) in [5.74, 6) is -7.46. The zero-order valence-electron chi connectivity index (χ0n) is 26.1. The highest BCUT2D eigenvalue weighted by Crippen LogP contribution is 2.39. The van der Waals surface area contributed by atoms with Gasteiger partial charge in [-0.1, -0.05) is 20.8 Å². The molecule has 1 aliphatic rings. The molecule has 0 aliphatic carbocycles. The van der Waals surface area contributed by atoms with Crippen LogP contribution in [0.1, 0.15) is 52.2 Å². The maximum absolute atomic E-state index is 13.5. The highest BCUT2D eigenvalue weighted by atomic mass is 32.2. The number of hydrogen-bond donors (Lipinski definition) is 10. The highest BCUT2D eigenvalue weighted by Gasteiger charge is 2.44. The quantitative estimate of drug-likeness (QED) is 0.111. The Kier molecular flexibility index (Phi) is 13.4. The number of phenols is 1. The van der Waals surface area contributed by atoms with Crippen molar-refractivity contribution in [2.45, 2.75) is 87.4 Å². The first kappa shape index (κ1) is 38.3. The lowest BCUT2D eigenvalue weighted by atomic mass is 9.91. The molecule has 1 aromatic rings. The van der Waals surface area contributed by atoms with Gasteiger partial charge in [-0.25, -0.2) is 0 Å². The monoisotopic (exact) mass is 673 g/mol. The topological polar surface area (TPSA) is 287 Å². The van der Waals surface area contributed by atoms with Gasteiger partial charge in [0.25, 0.3) is 0 Å². The maximum atomic E-state index is 13.5. The number of nitrogens with two attached hydrogens (primary N) is 1. The van der Waals surface area contributed by atoms with Gasteiger partial charge in [0, 0.05) is 22.9 Å². The normalized spacial score (nSPS) is 25.8.